The van der Waals surface area contributed by atoms with E-state index in [1.165, 1.54) is 111 Å². The van der Waals surface area contributed by atoms with Crippen LogP contribution >= 0.6 is 0 Å². The summed E-state index contributed by atoms with van der Waals surface area (Å²) >= 11 is 0. The molecule has 0 fully saturated rings. The van der Waals surface area contributed by atoms with E-state index < -0.39 is 10.8 Å². The number of fused-ring (bicyclic) bond motifs is 32. The smallest absolute Gasteiger partial charge is 0.164 e. The van der Waals surface area contributed by atoms with E-state index in [0.29, 0.717) is 17.5 Å². The van der Waals surface area contributed by atoms with E-state index in [2.05, 4.69) is 391 Å². The molecule has 0 unspecified atom stereocenters. The molecule has 0 radical (unpaired) electrons. The van der Waals surface area contributed by atoms with Crippen molar-refractivity contribution in [3.8, 4) is 123 Å². The van der Waals surface area contributed by atoms with Gasteiger partial charge in [-0.1, -0.05) is 303 Å². The fraction of sp³-hybridized carbons (Fsp3) is 0.0177. The van der Waals surface area contributed by atoms with Crippen LogP contribution in [0.3, 0.4) is 0 Å². The zero-order chi connectivity index (χ0) is 78.2. The number of hydrogen-bond acceptors (Lipinski definition) is 5. The molecule has 0 saturated carbocycles. The molecule has 0 atom stereocenters. The molecular formula is C113H65N5O2. The Morgan fingerprint density at radius 1 is 0.192 bits per heavy atom. The third kappa shape index (κ3) is 8.73. The number of rotatable bonds is 8. The highest BCUT2D eigenvalue weighted by Crippen LogP contribution is 2.66. The molecule has 0 bridgehead atoms. The number of furan rings is 2. The van der Waals surface area contributed by atoms with Gasteiger partial charge in [0.1, 0.15) is 22.3 Å². The SMILES string of the molecule is c1ccc(-c2cccc(-c3nc(-c4cccc5oc6ccc(-c7ccc8c(c7)c7ccccc7n8-c7cccc8c7-c7ccccc7C87c8ccccc8-c8ccccc87)cc6c45)nc(-c4cccc5oc6ccc(-c7ccc8c(c7)c7ccccc7n8-c7cccc8c7-c7ccccc7C87c8ccccc8-c8ccccc87)cc6c45)n3)c2)cc1. The fourth-order valence-corrected chi connectivity index (χ4v) is 22.0. The van der Waals surface area contributed by atoms with Crippen LogP contribution in [-0.4, -0.2) is 24.1 Å². The minimum atomic E-state index is -0.467. The van der Waals surface area contributed by atoms with Crippen molar-refractivity contribution in [3.05, 3.63) is 439 Å². The van der Waals surface area contributed by atoms with E-state index in [-0.39, 0.29) is 0 Å². The molecule has 120 heavy (non-hydrogen) atoms. The minimum Gasteiger partial charge on any atom is -0.456 e. The highest BCUT2D eigenvalue weighted by atomic mass is 16.3. The van der Waals surface area contributed by atoms with Crippen molar-refractivity contribution < 1.29 is 8.83 Å². The van der Waals surface area contributed by atoms with E-state index in [1.807, 2.05) is 12.1 Å². The number of hydrogen-bond donors (Lipinski definition) is 0. The summed E-state index contributed by atoms with van der Waals surface area (Å²) in [5.74, 6) is 1.58. The maximum absolute atomic E-state index is 6.90. The van der Waals surface area contributed by atoms with Crippen LogP contribution in [0.2, 0.25) is 0 Å². The lowest BCUT2D eigenvalue weighted by molar-refractivity contribution is 0.668. The zero-order valence-electron chi connectivity index (χ0n) is 64.6. The van der Waals surface area contributed by atoms with Crippen molar-refractivity contribution in [3.63, 3.8) is 0 Å². The normalized spacial score (nSPS) is 13.5. The monoisotopic (exact) mass is 1520 g/mol. The van der Waals surface area contributed by atoms with Crippen LogP contribution in [0, 0.1) is 0 Å². The van der Waals surface area contributed by atoms with Gasteiger partial charge in [0.25, 0.3) is 0 Å². The first kappa shape index (κ1) is 65.4. The van der Waals surface area contributed by atoms with Gasteiger partial charge in [0.15, 0.2) is 17.5 Å². The van der Waals surface area contributed by atoms with Crippen molar-refractivity contribution in [1.29, 1.82) is 0 Å². The van der Waals surface area contributed by atoms with Gasteiger partial charge >= 0.3 is 0 Å². The second-order valence-corrected chi connectivity index (χ2v) is 32.6. The summed E-state index contributed by atoms with van der Waals surface area (Å²) in [7, 11) is 0. The Morgan fingerprint density at radius 3 is 0.967 bits per heavy atom. The molecule has 23 aromatic rings. The Labute approximate surface area is 688 Å². The van der Waals surface area contributed by atoms with Gasteiger partial charge in [0.05, 0.1) is 44.3 Å². The van der Waals surface area contributed by atoms with E-state index in [0.717, 1.165) is 127 Å². The maximum atomic E-state index is 6.90. The van der Waals surface area contributed by atoms with Crippen LogP contribution in [0.25, 0.3) is 211 Å². The first-order chi connectivity index (χ1) is 59.5. The van der Waals surface area contributed by atoms with E-state index in [4.69, 9.17) is 23.8 Å². The van der Waals surface area contributed by atoms with Crippen LogP contribution in [0.1, 0.15) is 44.5 Å². The Kier molecular flexibility index (Phi) is 13.3. The summed E-state index contributed by atoms with van der Waals surface area (Å²) < 4.78 is 18.8. The molecule has 0 aliphatic heterocycles. The first-order valence-corrected chi connectivity index (χ1v) is 41.3. The average Bonchev–Trinajstić information content (AvgIpc) is 1.51. The van der Waals surface area contributed by atoms with Crippen LogP contribution < -0.4 is 0 Å². The predicted octanol–water partition coefficient (Wildman–Crippen LogP) is 28.6. The van der Waals surface area contributed by atoms with E-state index in [9.17, 15) is 0 Å². The van der Waals surface area contributed by atoms with Gasteiger partial charge < -0.3 is 18.0 Å². The molecule has 0 N–H and O–H groups in total. The molecular weight excluding hydrogens is 1460 g/mol. The molecule has 0 saturated heterocycles. The Bertz CT molecular complexity index is 7920. The molecule has 4 aliphatic carbocycles. The zero-order valence-corrected chi connectivity index (χ0v) is 64.6. The minimum absolute atomic E-state index is 0.467. The van der Waals surface area contributed by atoms with E-state index in [1.54, 1.807) is 0 Å². The predicted molar refractivity (Wildman–Crippen MR) is 488 cm³/mol. The topological polar surface area (TPSA) is 74.8 Å². The lowest BCUT2D eigenvalue weighted by atomic mass is 9.70. The van der Waals surface area contributed by atoms with Crippen molar-refractivity contribution in [2.45, 2.75) is 10.8 Å². The summed E-state index contributed by atoms with van der Waals surface area (Å²) in [4.78, 5) is 16.7. The summed E-state index contributed by atoms with van der Waals surface area (Å²) in [6.45, 7) is 0. The molecule has 4 aliphatic rings. The molecule has 5 aromatic heterocycles. The van der Waals surface area contributed by atoms with Gasteiger partial charge in [-0.15, -0.1) is 0 Å². The number of nitrogens with zero attached hydrogens (tertiary/aromatic N) is 5. The molecule has 7 heteroatoms. The van der Waals surface area contributed by atoms with Gasteiger partial charge in [-0.05, 0) is 202 Å². The number of para-hydroxylation sites is 2. The molecule has 554 valence electrons. The van der Waals surface area contributed by atoms with E-state index >= 15 is 0 Å². The maximum Gasteiger partial charge on any atom is 0.164 e. The summed E-state index contributed by atoms with van der Waals surface area (Å²) in [5, 5.41) is 8.47. The highest BCUT2D eigenvalue weighted by Gasteiger charge is 2.54. The second-order valence-electron chi connectivity index (χ2n) is 32.6. The van der Waals surface area contributed by atoms with Gasteiger partial charge in [-0.2, -0.15) is 0 Å². The van der Waals surface area contributed by atoms with Crippen LogP contribution in [0.5, 0.6) is 0 Å². The van der Waals surface area contributed by atoms with Gasteiger partial charge in [-0.25, -0.2) is 15.0 Å². The van der Waals surface area contributed by atoms with Gasteiger partial charge in [0, 0.05) is 70.9 Å². The lowest BCUT2D eigenvalue weighted by Gasteiger charge is -2.30. The lowest BCUT2D eigenvalue weighted by Crippen LogP contribution is -2.25. The van der Waals surface area contributed by atoms with Crippen molar-refractivity contribution in [1.82, 2.24) is 24.1 Å². The molecule has 18 aromatic carbocycles. The fourth-order valence-electron chi connectivity index (χ4n) is 22.0. The van der Waals surface area contributed by atoms with Crippen LogP contribution in [-0.2, 0) is 10.8 Å². The van der Waals surface area contributed by atoms with Gasteiger partial charge in [0.2, 0.25) is 0 Å². The molecule has 7 nitrogen and oxygen atoms in total. The average molecular weight is 1520 g/mol. The third-order valence-corrected chi connectivity index (χ3v) is 26.8. The molecule has 2 spiro atoms. The van der Waals surface area contributed by atoms with Crippen LogP contribution in [0.15, 0.2) is 403 Å². The Hall–Kier alpha value is -15.8. The third-order valence-electron chi connectivity index (χ3n) is 26.8. The van der Waals surface area contributed by atoms with Crippen LogP contribution in [0.4, 0.5) is 0 Å². The first-order valence-electron chi connectivity index (χ1n) is 41.3. The molecule has 5 heterocycles. The highest BCUT2D eigenvalue weighted by molar-refractivity contribution is 6.18. The standard InChI is InChI=1S/C113H65N5O2/c1-2-25-66(26-3-1)67-27-20-28-72(61-67)109-114-110(81-37-21-51-103-105(81)85-64-70(55-59-101(85)119-103)68-53-57-97-83(62-68)77-33-10-18-47-95(77)117(97)99-49-23-45-93-107(99)79-35-8-16-43-91(79)112(93)87-39-12-4-29-73(87)74-30-5-13-40-88(74)112)116-111(115-109)82-38-22-52-104-106(82)86-65-71(56-60-102(86)120-104)69-54-58-98-84(63-69)78-34-11-19-48-96(78)118(98)100-50-24-46-94-108(100)80-36-9-17-44-92(80)113(94)89-41-14-6-31-75(89)76-32-7-15-42-90(76)113/h1-65H. The summed E-state index contributed by atoms with van der Waals surface area (Å²) in [6.07, 6.45) is 0. The van der Waals surface area contributed by atoms with Gasteiger partial charge in [-0.3, -0.25) is 0 Å². The van der Waals surface area contributed by atoms with Crippen molar-refractivity contribution in [2.24, 2.45) is 0 Å². The quantitative estimate of drug-likeness (QED) is 0.152. The Morgan fingerprint density at radius 2 is 0.508 bits per heavy atom. The summed E-state index contributed by atoms with van der Waals surface area (Å²) in [6, 6.07) is 145. The second kappa shape index (κ2) is 24.4. The van der Waals surface area contributed by atoms with Crippen molar-refractivity contribution >= 4 is 87.5 Å². The number of aromatic nitrogens is 5. The summed E-state index contributed by atoms with van der Waals surface area (Å²) in [5.41, 5.74) is 38.8. The molecule has 0 amide bonds. The molecule has 27 rings (SSSR count). The number of benzene rings is 18. The van der Waals surface area contributed by atoms with Crippen molar-refractivity contribution in [2.75, 3.05) is 0 Å². The Balaban J connectivity index is 0.595. The largest absolute Gasteiger partial charge is 0.456 e.